The fourth-order valence-corrected chi connectivity index (χ4v) is 6.02. The summed E-state index contributed by atoms with van der Waals surface area (Å²) in [6.07, 6.45) is 7.51. The molecule has 0 bridgehead atoms. The molecule has 0 N–H and O–H groups in total. The van der Waals surface area contributed by atoms with Gasteiger partial charge in [-0.3, -0.25) is 9.59 Å². The third-order valence-corrected chi connectivity index (χ3v) is 7.85. The summed E-state index contributed by atoms with van der Waals surface area (Å²) in [6, 6.07) is 8.94. The van der Waals surface area contributed by atoms with Crippen LogP contribution in [-0.2, 0) is 14.3 Å². The number of carbonyl (C=O) groups excluding carboxylic acids is 2. The summed E-state index contributed by atoms with van der Waals surface area (Å²) >= 11 is 0. The van der Waals surface area contributed by atoms with E-state index in [4.69, 9.17) is 4.74 Å². The molecular weight excluding hydrogens is 388 g/mol. The second-order valence-electron chi connectivity index (χ2n) is 9.91. The third kappa shape index (κ3) is 4.67. The number of likely N-dealkylation sites (tertiary alicyclic amines) is 1. The number of hydrogen-bond donors (Lipinski definition) is 0. The van der Waals surface area contributed by atoms with Crippen LogP contribution in [0.25, 0.3) is 0 Å². The Kier molecular flexibility index (Phi) is 7.00. The average Bonchev–Trinajstić information content (AvgIpc) is 3.05. The van der Waals surface area contributed by atoms with E-state index < -0.39 is 5.92 Å². The Labute approximate surface area is 187 Å². The summed E-state index contributed by atoms with van der Waals surface area (Å²) in [6.45, 7) is 9.00. The maximum Gasteiger partial charge on any atom is 0.306 e. The molecule has 1 aromatic carbocycles. The number of carbonyl (C=O) groups is 2. The highest BCUT2D eigenvalue weighted by molar-refractivity contribution is 6.06. The van der Waals surface area contributed by atoms with Crippen LogP contribution in [0.3, 0.4) is 0 Å². The highest BCUT2D eigenvalue weighted by Crippen LogP contribution is 2.42. The Morgan fingerprint density at radius 2 is 1.71 bits per heavy atom. The van der Waals surface area contributed by atoms with E-state index in [1.54, 1.807) is 6.92 Å². The second-order valence-corrected chi connectivity index (χ2v) is 9.91. The van der Waals surface area contributed by atoms with Crippen LogP contribution in [0.15, 0.2) is 24.3 Å². The van der Waals surface area contributed by atoms with Crippen molar-refractivity contribution in [3.63, 3.8) is 0 Å². The molecule has 3 aliphatic rings. The molecule has 170 valence electrons. The Balaban J connectivity index is 1.39. The fourth-order valence-electron chi connectivity index (χ4n) is 6.02. The smallest absolute Gasteiger partial charge is 0.306 e. The number of piperidine rings is 1. The third-order valence-electron chi connectivity index (χ3n) is 7.85. The SMILES string of the molecule is CCOC(=O)CC1C(=O)N(C2CCN(C3CCC(C(C)C)CC3)CC2)c2ccccc21. The highest BCUT2D eigenvalue weighted by Gasteiger charge is 2.43. The minimum atomic E-state index is -0.403. The van der Waals surface area contributed by atoms with E-state index in [-0.39, 0.29) is 24.3 Å². The number of esters is 1. The lowest BCUT2D eigenvalue weighted by Crippen LogP contribution is -2.50. The maximum atomic E-state index is 13.4. The molecule has 31 heavy (non-hydrogen) atoms. The number of amides is 1. The molecule has 0 spiro atoms. The molecule has 0 radical (unpaired) electrons. The normalized spacial score (nSPS) is 27.5. The molecule has 2 heterocycles. The molecule has 1 saturated heterocycles. The van der Waals surface area contributed by atoms with Gasteiger partial charge >= 0.3 is 5.97 Å². The Bertz CT molecular complexity index is 777. The average molecular weight is 427 g/mol. The summed E-state index contributed by atoms with van der Waals surface area (Å²) < 4.78 is 5.13. The first-order chi connectivity index (χ1) is 15.0. The van der Waals surface area contributed by atoms with E-state index in [2.05, 4.69) is 18.7 Å². The molecule has 1 amide bonds. The van der Waals surface area contributed by atoms with E-state index in [1.807, 2.05) is 29.2 Å². The first kappa shape index (κ1) is 22.3. The summed E-state index contributed by atoms with van der Waals surface area (Å²) in [5.41, 5.74) is 1.98. The molecular formula is C26H38N2O3. The molecule has 5 heteroatoms. The van der Waals surface area contributed by atoms with Gasteiger partial charge in [0.05, 0.1) is 18.9 Å². The van der Waals surface area contributed by atoms with Gasteiger partial charge in [-0.25, -0.2) is 0 Å². The predicted octanol–water partition coefficient (Wildman–Crippen LogP) is 4.75. The van der Waals surface area contributed by atoms with Crippen molar-refractivity contribution < 1.29 is 14.3 Å². The van der Waals surface area contributed by atoms with E-state index in [9.17, 15) is 9.59 Å². The number of nitrogens with zero attached hydrogens (tertiary/aromatic N) is 2. The molecule has 1 atom stereocenters. The predicted molar refractivity (Wildman–Crippen MR) is 123 cm³/mol. The van der Waals surface area contributed by atoms with Gasteiger partial charge in [0.15, 0.2) is 0 Å². The monoisotopic (exact) mass is 426 g/mol. The van der Waals surface area contributed by atoms with E-state index >= 15 is 0 Å². The number of hydrogen-bond acceptors (Lipinski definition) is 4. The quantitative estimate of drug-likeness (QED) is 0.616. The number of para-hydroxylation sites is 1. The van der Waals surface area contributed by atoms with Crippen LogP contribution in [0.4, 0.5) is 5.69 Å². The zero-order chi connectivity index (χ0) is 22.0. The summed E-state index contributed by atoms with van der Waals surface area (Å²) in [4.78, 5) is 30.2. The van der Waals surface area contributed by atoms with Gasteiger partial charge in [-0.1, -0.05) is 32.0 Å². The van der Waals surface area contributed by atoms with Crippen molar-refractivity contribution >= 4 is 17.6 Å². The standard InChI is InChI=1S/C26H38N2O3/c1-4-31-25(29)17-23-22-7-5-6-8-24(22)28(26(23)30)21-13-15-27(16-14-21)20-11-9-19(10-12-20)18(2)3/h5-8,18-21,23H,4,9-17H2,1-3H3. The van der Waals surface area contributed by atoms with Gasteiger partial charge in [-0.05, 0) is 68.9 Å². The Morgan fingerprint density at radius 1 is 1.03 bits per heavy atom. The topological polar surface area (TPSA) is 49.9 Å². The van der Waals surface area contributed by atoms with Crippen molar-refractivity contribution in [3.05, 3.63) is 29.8 Å². The van der Waals surface area contributed by atoms with Crippen molar-refractivity contribution in [2.45, 2.75) is 83.7 Å². The fraction of sp³-hybridized carbons (Fsp3) is 0.692. The lowest BCUT2D eigenvalue weighted by molar-refractivity contribution is -0.144. The van der Waals surface area contributed by atoms with Crippen molar-refractivity contribution in [2.24, 2.45) is 11.8 Å². The van der Waals surface area contributed by atoms with Crippen molar-refractivity contribution in [2.75, 3.05) is 24.6 Å². The first-order valence-corrected chi connectivity index (χ1v) is 12.3. The molecule has 5 nitrogen and oxygen atoms in total. The van der Waals surface area contributed by atoms with Crippen LogP contribution < -0.4 is 4.90 Å². The van der Waals surface area contributed by atoms with E-state index in [0.717, 1.165) is 49.0 Å². The zero-order valence-electron chi connectivity index (χ0n) is 19.4. The van der Waals surface area contributed by atoms with Gasteiger partial charge in [-0.15, -0.1) is 0 Å². The van der Waals surface area contributed by atoms with Crippen molar-refractivity contribution in [1.82, 2.24) is 4.90 Å². The highest BCUT2D eigenvalue weighted by atomic mass is 16.5. The number of rotatable bonds is 6. The molecule has 4 rings (SSSR count). The molecule has 2 aliphatic heterocycles. The summed E-state index contributed by atoms with van der Waals surface area (Å²) in [7, 11) is 0. The van der Waals surface area contributed by atoms with Gasteiger partial charge < -0.3 is 14.5 Å². The largest absolute Gasteiger partial charge is 0.466 e. The summed E-state index contributed by atoms with van der Waals surface area (Å²) in [5, 5.41) is 0. The Hall–Kier alpha value is -1.88. The summed E-state index contributed by atoms with van der Waals surface area (Å²) in [5.74, 6) is 1.08. The van der Waals surface area contributed by atoms with Gasteiger partial charge in [-0.2, -0.15) is 0 Å². The van der Waals surface area contributed by atoms with Gasteiger partial charge in [0.2, 0.25) is 5.91 Å². The molecule has 1 aliphatic carbocycles. The second kappa shape index (κ2) is 9.72. The van der Waals surface area contributed by atoms with Gasteiger partial charge in [0.1, 0.15) is 0 Å². The van der Waals surface area contributed by atoms with E-state index in [1.165, 1.54) is 25.7 Å². The number of benzene rings is 1. The minimum Gasteiger partial charge on any atom is -0.466 e. The number of anilines is 1. The first-order valence-electron chi connectivity index (χ1n) is 12.3. The van der Waals surface area contributed by atoms with Crippen LogP contribution in [0.5, 0.6) is 0 Å². The van der Waals surface area contributed by atoms with Crippen LogP contribution in [0.1, 0.15) is 77.2 Å². The molecule has 2 fully saturated rings. The van der Waals surface area contributed by atoms with Crippen LogP contribution >= 0.6 is 0 Å². The zero-order valence-corrected chi connectivity index (χ0v) is 19.4. The molecule has 1 saturated carbocycles. The molecule has 1 unspecified atom stereocenters. The van der Waals surface area contributed by atoms with Gasteiger partial charge in [0.25, 0.3) is 0 Å². The van der Waals surface area contributed by atoms with Crippen LogP contribution in [-0.4, -0.2) is 48.6 Å². The molecule has 1 aromatic rings. The number of fused-ring (bicyclic) bond motifs is 1. The van der Waals surface area contributed by atoms with Crippen LogP contribution in [0, 0.1) is 11.8 Å². The number of ether oxygens (including phenoxy) is 1. The minimum absolute atomic E-state index is 0.0742. The Morgan fingerprint density at radius 3 is 2.35 bits per heavy atom. The van der Waals surface area contributed by atoms with Gasteiger partial charge in [0, 0.05) is 30.9 Å². The van der Waals surface area contributed by atoms with Crippen molar-refractivity contribution in [3.8, 4) is 0 Å². The van der Waals surface area contributed by atoms with Crippen molar-refractivity contribution in [1.29, 1.82) is 0 Å². The van der Waals surface area contributed by atoms with Crippen LogP contribution in [0.2, 0.25) is 0 Å². The van der Waals surface area contributed by atoms with E-state index in [0.29, 0.717) is 12.6 Å². The molecule has 0 aromatic heterocycles. The lowest BCUT2D eigenvalue weighted by Gasteiger charge is -2.43. The maximum absolute atomic E-state index is 13.4. The lowest BCUT2D eigenvalue weighted by atomic mass is 9.79.